The number of H-pyrrole nitrogens is 1. The van der Waals surface area contributed by atoms with Crippen molar-refractivity contribution in [2.24, 2.45) is 0 Å². The maximum atomic E-state index is 12.1. The third kappa shape index (κ3) is 2.18. The second-order valence-electron chi connectivity index (χ2n) is 4.26. The molecule has 0 atom stereocenters. The Hall–Kier alpha value is -2.69. The summed E-state index contributed by atoms with van der Waals surface area (Å²) in [5.41, 5.74) is 2.27. The number of anilines is 1. The molecule has 19 heavy (non-hydrogen) atoms. The lowest BCUT2D eigenvalue weighted by Crippen LogP contribution is -2.12. The van der Waals surface area contributed by atoms with Crippen LogP contribution in [0.4, 0.5) is 5.82 Å². The Morgan fingerprint density at radius 2 is 2.11 bits per heavy atom. The summed E-state index contributed by atoms with van der Waals surface area (Å²) in [7, 11) is 0. The van der Waals surface area contributed by atoms with E-state index in [1.165, 1.54) is 0 Å². The molecule has 2 N–H and O–H groups in total. The van der Waals surface area contributed by atoms with Gasteiger partial charge in [0.25, 0.3) is 5.91 Å². The molecule has 0 radical (unpaired) electrons. The van der Waals surface area contributed by atoms with Gasteiger partial charge in [-0.3, -0.25) is 14.9 Å². The molecule has 2 aromatic heterocycles. The first kappa shape index (κ1) is 11.4. The van der Waals surface area contributed by atoms with Crippen LogP contribution >= 0.6 is 0 Å². The Morgan fingerprint density at radius 3 is 2.95 bits per heavy atom. The van der Waals surface area contributed by atoms with E-state index in [9.17, 15) is 4.79 Å². The van der Waals surface area contributed by atoms with E-state index in [1.54, 1.807) is 18.3 Å². The fourth-order valence-electron chi connectivity index (χ4n) is 1.93. The number of carbonyl (C=O) groups excluding carboxylic acids is 1. The monoisotopic (exact) mass is 252 g/mol. The van der Waals surface area contributed by atoms with Crippen LogP contribution in [0.25, 0.3) is 10.9 Å². The first-order chi connectivity index (χ1) is 9.24. The zero-order valence-electron chi connectivity index (χ0n) is 10.3. The van der Waals surface area contributed by atoms with Crippen LogP contribution in [0.1, 0.15) is 16.1 Å². The second-order valence-corrected chi connectivity index (χ2v) is 4.26. The predicted molar refractivity (Wildman–Crippen MR) is 73.0 cm³/mol. The largest absolute Gasteiger partial charge is 0.305 e. The molecule has 1 amide bonds. The lowest BCUT2D eigenvalue weighted by Gasteiger charge is -2.03. The number of fused-ring (bicyclic) bond motifs is 1. The van der Waals surface area contributed by atoms with Crippen molar-refractivity contribution < 1.29 is 4.79 Å². The number of hydrogen-bond acceptors (Lipinski definition) is 3. The van der Waals surface area contributed by atoms with Gasteiger partial charge >= 0.3 is 0 Å². The average molecular weight is 252 g/mol. The van der Waals surface area contributed by atoms with Crippen molar-refractivity contribution >= 4 is 22.6 Å². The maximum absolute atomic E-state index is 12.1. The number of pyridine rings is 1. The normalized spacial score (nSPS) is 10.6. The highest BCUT2D eigenvalue weighted by molar-refractivity contribution is 6.07. The number of para-hydroxylation sites is 1. The standard InChI is InChI=1S/C14H12N4O/c1-9-8-10(6-7-15-9)14(19)16-13-11-4-2-3-5-12(11)17-18-13/h2-8H,1H3,(H2,16,17,18,19). The van der Waals surface area contributed by atoms with Crippen LogP contribution < -0.4 is 5.32 Å². The molecule has 94 valence electrons. The predicted octanol–water partition coefficient (Wildman–Crippen LogP) is 2.52. The zero-order chi connectivity index (χ0) is 13.2. The molecule has 0 aliphatic rings. The topological polar surface area (TPSA) is 70.7 Å². The number of aromatic nitrogens is 3. The summed E-state index contributed by atoms with van der Waals surface area (Å²) in [5, 5.41) is 10.7. The SMILES string of the molecule is Cc1cc(C(=O)Nc2n[nH]c3ccccc23)ccn1. The van der Waals surface area contributed by atoms with Gasteiger partial charge in [-0.1, -0.05) is 12.1 Å². The highest BCUT2D eigenvalue weighted by Crippen LogP contribution is 2.20. The number of benzene rings is 1. The number of nitrogens with one attached hydrogen (secondary N) is 2. The molecule has 0 saturated heterocycles. The number of hydrogen-bond donors (Lipinski definition) is 2. The minimum atomic E-state index is -0.192. The number of aromatic amines is 1. The summed E-state index contributed by atoms with van der Waals surface area (Å²) < 4.78 is 0. The Labute approximate surface area is 109 Å². The molecule has 2 heterocycles. The molecule has 1 aromatic carbocycles. The number of amides is 1. The smallest absolute Gasteiger partial charge is 0.257 e. The van der Waals surface area contributed by atoms with E-state index in [0.29, 0.717) is 11.4 Å². The fraction of sp³-hybridized carbons (Fsp3) is 0.0714. The summed E-state index contributed by atoms with van der Waals surface area (Å²) in [6, 6.07) is 11.1. The van der Waals surface area contributed by atoms with Crippen molar-refractivity contribution in [1.29, 1.82) is 0 Å². The summed E-state index contributed by atoms with van der Waals surface area (Å²) in [6.07, 6.45) is 1.62. The van der Waals surface area contributed by atoms with Crippen molar-refractivity contribution in [3.05, 3.63) is 53.9 Å². The average Bonchev–Trinajstić information content (AvgIpc) is 2.82. The molecule has 5 heteroatoms. The van der Waals surface area contributed by atoms with Crippen LogP contribution in [0.15, 0.2) is 42.6 Å². The van der Waals surface area contributed by atoms with Crippen molar-refractivity contribution in [2.45, 2.75) is 6.92 Å². The molecule has 0 unspecified atom stereocenters. The quantitative estimate of drug-likeness (QED) is 0.736. The molecule has 0 aliphatic carbocycles. The molecule has 0 aliphatic heterocycles. The van der Waals surface area contributed by atoms with Gasteiger partial charge in [-0.05, 0) is 31.2 Å². The van der Waals surface area contributed by atoms with E-state index < -0.39 is 0 Å². The van der Waals surface area contributed by atoms with Crippen LogP contribution in [-0.4, -0.2) is 21.1 Å². The van der Waals surface area contributed by atoms with Crippen LogP contribution in [0.3, 0.4) is 0 Å². The van der Waals surface area contributed by atoms with E-state index in [4.69, 9.17) is 0 Å². The molecule has 0 saturated carbocycles. The third-order valence-electron chi connectivity index (χ3n) is 2.86. The van der Waals surface area contributed by atoms with Gasteiger partial charge < -0.3 is 5.32 Å². The highest BCUT2D eigenvalue weighted by atomic mass is 16.1. The number of carbonyl (C=O) groups is 1. The van der Waals surface area contributed by atoms with E-state index in [2.05, 4.69) is 20.5 Å². The highest BCUT2D eigenvalue weighted by Gasteiger charge is 2.10. The molecule has 5 nitrogen and oxygen atoms in total. The third-order valence-corrected chi connectivity index (χ3v) is 2.86. The van der Waals surface area contributed by atoms with Gasteiger partial charge in [0.15, 0.2) is 5.82 Å². The van der Waals surface area contributed by atoms with Crippen LogP contribution in [0, 0.1) is 6.92 Å². The molecule has 3 aromatic rings. The van der Waals surface area contributed by atoms with E-state index in [-0.39, 0.29) is 5.91 Å². The van der Waals surface area contributed by atoms with Gasteiger partial charge in [0.1, 0.15) is 0 Å². The van der Waals surface area contributed by atoms with Crippen LogP contribution in [0.5, 0.6) is 0 Å². The van der Waals surface area contributed by atoms with Crippen molar-refractivity contribution in [3.8, 4) is 0 Å². The Kier molecular flexibility index (Phi) is 2.72. The molecular formula is C14H12N4O. The number of rotatable bonds is 2. The number of nitrogens with zero attached hydrogens (tertiary/aromatic N) is 2. The summed E-state index contributed by atoms with van der Waals surface area (Å²) >= 11 is 0. The maximum Gasteiger partial charge on any atom is 0.257 e. The Balaban J connectivity index is 1.91. The van der Waals surface area contributed by atoms with E-state index in [1.807, 2.05) is 31.2 Å². The molecule has 0 bridgehead atoms. The van der Waals surface area contributed by atoms with Crippen LogP contribution in [-0.2, 0) is 0 Å². The van der Waals surface area contributed by atoms with Gasteiger partial charge in [0.05, 0.1) is 5.52 Å². The van der Waals surface area contributed by atoms with Crippen molar-refractivity contribution in [3.63, 3.8) is 0 Å². The fourth-order valence-corrected chi connectivity index (χ4v) is 1.93. The Morgan fingerprint density at radius 1 is 1.26 bits per heavy atom. The zero-order valence-corrected chi connectivity index (χ0v) is 10.3. The first-order valence-corrected chi connectivity index (χ1v) is 5.91. The molecule has 3 rings (SSSR count). The van der Waals surface area contributed by atoms with Gasteiger partial charge in [-0.25, -0.2) is 0 Å². The minimum Gasteiger partial charge on any atom is -0.305 e. The summed E-state index contributed by atoms with van der Waals surface area (Å²) in [4.78, 5) is 16.2. The van der Waals surface area contributed by atoms with E-state index in [0.717, 1.165) is 16.6 Å². The molecule has 0 fully saturated rings. The first-order valence-electron chi connectivity index (χ1n) is 5.91. The van der Waals surface area contributed by atoms with Crippen molar-refractivity contribution in [2.75, 3.05) is 5.32 Å². The molecule has 0 spiro atoms. The second kappa shape index (κ2) is 4.53. The Bertz CT molecular complexity index is 748. The minimum absolute atomic E-state index is 0.192. The van der Waals surface area contributed by atoms with Gasteiger partial charge in [0.2, 0.25) is 0 Å². The molecular weight excluding hydrogens is 240 g/mol. The van der Waals surface area contributed by atoms with Gasteiger partial charge in [0, 0.05) is 22.8 Å². The summed E-state index contributed by atoms with van der Waals surface area (Å²) in [5.74, 6) is 0.345. The van der Waals surface area contributed by atoms with Crippen LogP contribution in [0.2, 0.25) is 0 Å². The van der Waals surface area contributed by atoms with Gasteiger partial charge in [-0.2, -0.15) is 5.10 Å². The lowest BCUT2D eigenvalue weighted by atomic mass is 10.2. The van der Waals surface area contributed by atoms with Gasteiger partial charge in [-0.15, -0.1) is 0 Å². The number of aryl methyl sites for hydroxylation is 1. The lowest BCUT2D eigenvalue weighted by molar-refractivity contribution is 0.102. The van der Waals surface area contributed by atoms with E-state index >= 15 is 0 Å². The van der Waals surface area contributed by atoms with Crippen molar-refractivity contribution in [1.82, 2.24) is 15.2 Å². The summed E-state index contributed by atoms with van der Waals surface area (Å²) in [6.45, 7) is 1.85.